The standard InChI is InChI=1S/C12H14N2O2/c15-12-11(13-4-5-14-12)9-1-2-10-8(7-9)3-6-16-10/h1-2,7,11,13H,3-6H2,(H,14,15). The third-order valence-corrected chi connectivity index (χ3v) is 3.08. The van der Waals surface area contributed by atoms with Crippen LogP contribution in [0.3, 0.4) is 0 Å². The molecule has 3 rings (SSSR count). The largest absolute Gasteiger partial charge is 0.493 e. The molecule has 0 aliphatic carbocycles. The first-order valence-electron chi connectivity index (χ1n) is 5.61. The molecule has 0 bridgehead atoms. The average Bonchev–Trinajstić information content (AvgIpc) is 2.76. The second kappa shape index (κ2) is 3.79. The monoisotopic (exact) mass is 218 g/mol. The Hall–Kier alpha value is -1.55. The summed E-state index contributed by atoms with van der Waals surface area (Å²) in [5.41, 5.74) is 2.24. The van der Waals surface area contributed by atoms with Crippen molar-refractivity contribution in [2.75, 3.05) is 19.7 Å². The summed E-state index contributed by atoms with van der Waals surface area (Å²) in [6.07, 6.45) is 0.942. The van der Waals surface area contributed by atoms with Gasteiger partial charge in [0.25, 0.3) is 0 Å². The Balaban J connectivity index is 1.91. The van der Waals surface area contributed by atoms with Crippen molar-refractivity contribution < 1.29 is 9.53 Å². The van der Waals surface area contributed by atoms with Gasteiger partial charge in [-0.15, -0.1) is 0 Å². The van der Waals surface area contributed by atoms with Gasteiger partial charge < -0.3 is 15.4 Å². The van der Waals surface area contributed by atoms with E-state index in [1.807, 2.05) is 12.1 Å². The van der Waals surface area contributed by atoms with Gasteiger partial charge in [0.2, 0.25) is 5.91 Å². The highest BCUT2D eigenvalue weighted by atomic mass is 16.5. The van der Waals surface area contributed by atoms with E-state index in [0.29, 0.717) is 6.54 Å². The number of carbonyl (C=O) groups excluding carboxylic acids is 1. The Kier molecular flexibility index (Phi) is 2.29. The molecule has 0 radical (unpaired) electrons. The summed E-state index contributed by atoms with van der Waals surface area (Å²) in [5.74, 6) is 1.02. The van der Waals surface area contributed by atoms with Gasteiger partial charge in [0.1, 0.15) is 11.8 Å². The summed E-state index contributed by atoms with van der Waals surface area (Å²) in [7, 11) is 0. The van der Waals surface area contributed by atoms with Gasteiger partial charge >= 0.3 is 0 Å². The molecule has 84 valence electrons. The maximum absolute atomic E-state index is 11.7. The highest BCUT2D eigenvalue weighted by molar-refractivity contribution is 5.84. The minimum absolute atomic E-state index is 0.0603. The lowest BCUT2D eigenvalue weighted by Gasteiger charge is -2.24. The molecule has 1 saturated heterocycles. The normalized spacial score (nSPS) is 23.5. The van der Waals surface area contributed by atoms with Gasteiger partial charge in [-0.05, 0) is 23.3 Å². The lowest BCUT2D eigenvalue weighted by Crippen LogP contribution is -2.47. The SMILES string of the molecule is O=C1NCCNC1c1ccc2c(c1)CCO2. The van der Waals surface area contributed by atoms with Crippen LogP contribution in [0.25, 0.3) is 0 Å². The van der Waals surface area contributed by atoms with E-state index in [2.05, 4.69) is 16.7 Å². The molecule has 2 N–H and O–H groups in total. The van der Waals surface area contributed by atoms with Crippen molar-refractivity contribution in [2.45, 2.75) is 12.5 Å². The van der Waals surface area contributed by atoms with Gasteiger partial charge in [0, 0.05) is 19.5 Å². The molecule has 4 heteroatoms. The van der Waals surface area contributed by atoms with E-state index in [1.54, 1.807) is 0 Å². The van der Waals surface area contributed by atoms with Gasteiger partial charge in [-0.1, -0.05) is 6.07 Å². The van der Waals surface area contributed by atoms with Crippen LogP contribution in [-0.4, -0.2) is 25.6 Å². The predicted octanol–water partition coefficient (Wildman–Crippen LogP) is 0.382. The Morgan fingerprint density at radius 3 is 3.12 bits per heavy atom. The maximum atomic E-state index is 11.7. The number of amides is 1. The fourth-order valence-electron chi connectivity index (χ4n) is 2.25. The third-order valence-electron chi connectivity index (χ3n) is 3.08. The number of hydrogen-bond acceptors (Lipinski definition) is 3. The van der Waals surface area contributed by atoms with Gasteiger partial charge in [0.15, 0.2) is 0 Å². The van der Waals surface area contributed by atoms with E-state index in [4.69, 9.17) is 4.74 Å². The number of nitrogens with one attached hydrogen (secondary N) is 2. The first kappa shape index (κ1) is 9.66. The molecular formula is C12H14N2O2. The van der Waals surface area contributed by atoms with E-state index < -0.39 is 0 Å². The zero-order chi connectivity index (χ0) is 11.0. The summed E-state index contributed by atoms with van der Waals surface area (Å²) < 4.78 is 5.45. The zero-order valence-corrected chi connectivity index (χ0v) is 8.95. The van der Waals surface area contributed by atoms with Crippen LogP contribution in [0.4, 0.5) is 0 Å². The second-order valence-corrected chi connectivity index (χ2v) is 4.14. The van der Waals surface area contributed by atoms with Crippen LogP contribution in [-0.2, 0) is 11.2 Å². The van der Waals surface area contributed by atoms with Crippen molar-refractivity contribution in [1.82, 2.24) is 10.6 Å². The molecule has 1 amide bonds. The summed E-state index contributed by atoms with van der Waals surface area (Å²) in [5, 5.41) is 6.09. The van der Waals surface area contributed by atoms with Crippen molar-refractivity contribution in [2.24, 2.45) is 0 Å². The van der Waals surface area contributed by atoms with E-state index in [0.717, 1.165) is 30.9 Å². The molecule has 1 aromatic carbocycles. The van der Waals surface area contributed by atoms with E-state index in [1.165, 1.54) is 5.56 Å². The molecule has 1 atom stereocenters. The number of carbonyl (C=O) groups is 1. The molecule has 16 heavy (non-hydrogen) atoms. The minimum Gasteiger partial charge on any atom is -0.493 e. The highest BCUT2D eigenvalue weighted by Crippen LogP contribution is 2.28. The quantitative estimate of drug-likeness (QED) is 0.716. The molecule has 2 aliphatic rings. The number of rotatable bonds is 1. The fraction of sp³-hybridized carbons (Fsp3) is 0.417. The van der Waals surface area contributed by atoms with Crippen molar-refractivity contribution in [3.63, 3.8) is 0 Å². The lowest BCUT2D eigenvalue weighted by molar-refractivity contribution is -0.124. The summed E-state index contributed by atoms with van der Waals surface area (Å²) in [6, 6.07) is 5.79. The van der Waals surface area contributed by atoms with Gasteiger partial charge in [-0.25, -0.2) is 0 Å². The lowest BCUT2D eigenvalue weighted by atomic mass is 10.0. The molecule has 2 aliphatic heterocycles. The van der Waals surface area contributed by atoms with Crippen molar-refractivity contribution >= 4 is 5.91 Å². The molecule has 1 aromatic rings. The van der Waals surface area contributed by atoms with Gasteiger partial charge in [-0.3, -0.25) is 4.79 Å². The van der Waals surface area contributed by atoms with Crippen LogP contribution in [0.1, 0.15) is 17.2 Å². The van der Waals surface area contributed by atoms with Crippen LogP contribution < -0.4 is 15.4 Å². The predicted molar refractivity (Wildman–Crippen MR) is 59.4 cm³/mol. The molecular weight excluding hydrogens is 204 g/mol. The van der Waals surface area contributed by atoms with Gasteiger partial charge in [-0.2, -0.15) is 0 Å². The average molecular weight is 218 g/mol. The number of piperazine rings is 1. The van der Waals surface area contributed by atoms with Crippen molar-refractivity contribution in [3.05, 3.63) is 29.3 Å². The Morgan fingerprint density at radius 2 is 2.25 bits per heavy atom. The number of hydrogen-bond donors (Lipinski definition) is 2. The minimum atomic E-state index is -0.209. The maximum Gasteiger partial charge on any atom is 0.241 e. The van der Waals surface area contributed by atoms with Crippen LogP contribution >= 0.6 is 0 Å². The smallest absolute Gasteiger partial charge is 0.241 e. The van der Waals surface area contributed by atoms with Crippen LogP contribution in [0.2, 0.25) is 0 Å². The van der Waals surface area contributed by atoms with E-state index in [-0.39, 0.29) is 11.9 Å². The van der Waals surface area contributed by atoms with Crippen molar-refractivity contribution in [1.29, 1.82) is 0 Å². The van der Waals surface area contributed by atoms with Crippen LogP contribution in [0.5, 0.6) is 5.75 Å². The summed E-state index contributed by atoms with van der Waals surface area (Å²) in [4.78, 5) is 11.7. The third kappa shape index (κ3) is 1.55. The van der Waals surface area contributed by atoms with E-state index >= 15 is 0 Å². The first-order valence-corrected chi connectivity index (χ1v) is 5.61. The topological polar surface area (TPSA) is 50.4 Å². The highest BCUT2D eigenvalue weighted by Gasteiger charge is 2.24. The van der Waals surface area contributed by atoms with Crippen LogP contribution in [0.15, 0.2) is 18.2 Å². The number of ether oxygens (including phenoxy) is 1. The molecule has 4 nitrogen and oxygen atoms in total. The molecule has 1 fully saturated rings. The summed E-state index contributed by atoms with van der Waals surface area (Å²) >= 11 is 0. The molecule has 0 aromatic heterocycles. The zero-order valence-electron chi connectivity index (χ0n) is 8.95. The molecule has 2 heterocycles. The second-order valence-electron chi connectivity index (χ2n) is 4.14. The fourth-order valence-corrected chi connectivity index (χ4v) is 2.25. The Labute approximate surface area is 94.0 Å². The molecule has 1 unspecified atom stereocenters. The number of benzene rings is 1. The summed E-state index contributed by atoms with van der Waals surface area (Å²) in [6.45, 7) is 2.29. The molecule has 0 saturated carbocycles. The van der Waals surface area contributed by atoms with Crippen molar-refractivity contribution in [3.8, 4) is 5.75 Å². The number of fused-ring (bicyclic) bond motifs is 1. The Morgan fingerprint density at radius 1 is 1.31 bits per heavy atom. The van der Waals surface area contributed by atoms with Crippen LogP contribution in [0, 0.1) is 0 Å². The van der Waals surface area contributed by atoms with Gasteiger partial charge in [0.05, 0.1) is 6.61 Å². The van der Waals surface area contributed by atoms with E-state index in [9.17, 15) is 4.79 Å². The molecule has 0 spiro atoms. The first-order chi connectivity index (χ1) is 7.84. The Bertz CT molecular complexity index is 431.